The predicted octanol–water partition coefficient (Wildman–Crippen LogP) is 5.85. The number of aromatic nitrogens is 3. The molecular weight excluding hydrogens is 480 g/mol. The molecule has 0 fully saturated rings. The van der Waals surface area contributed by atoms with Crippen LogP contribution in [0.1, 0.15) is 41.8 Å². The smallest absolute Gasteiger partial charge is 0.220 e. The maximum absolute atomic E-state index is 12.4. The number of carbonyl (C=O) groups excluding carboxylic acids is 1. The molecule has 37 heavy (non-hydrogen) atoms. The van der Waals surface area contributed by atoms with Crippen LogP contribution in [0.4, 0.5) is 0 Å². The van der Waals surface area contributed by atoms with Gasteiger partial charge < -0.3 is 14.6 Å². The summed E-state index contributed by atoms with van der Waals surface area (Å²) in [5.74, 6) is 2.69. The summed E-state index contributed by atoms with van der Waals surface area (Å²) in [5, 5.41) is 13.0. The first-order chi connectivity index (χ1) is 18.2. The van der Waals surface area contributed by atoms with Gasteiger partial charge in [-0.15, -0.1) is 10.2 Å². The Morgan fingerprint density at radius 2 is 1.57 bits per heavy atom. The molecule has 1 aromatic heterocycles. The van der Waals surface area contributed by atoms with Crippen molar-refractivity contribution < 1.29 is 9.53 Å². The standard InChI is InChI=1S/C30H34N4O2S/c1-36-27-17-9-8-16-26(27)22-31-29(35)19-11-10-18-28-32-33-30(37-23-25-14-6-3-7-15-25)34(28)21-20-24-12-4-2-5-13-24/h2-9,12-17H,10-11,18-23H2,1H3,(H,31,35). The fraction of sp³-hybridized carbons (Fsp3) is 0.300. The lowest BCUT2D eigenvalue weighted by atomic mass is 10.1. The second-order valence-electron chi connectivity index (χ2n) is 8.86. The lowest BCUT2D eigenvalue weighted by Crippen LogP contribution is -2.22. The minimum Gasteiger partial charge on any atom is -0.496 e. The Morgan fingerprint density at radius 1 is 0.865 bits per heavy atom. The van der Waals surface area contributed by atoms with Crippen LogP contribution in [0.15, 0.2) is 90.1 Å². The number of unbranched alkanes of at least 4 members (excludes halogenated alkanes) is 1. The number of carbonyl (C=O) groups is 1. The highest BCUT2D eigenvalue weighted by atomic mass is 32.2. The Kier molecular flexibility index (Phi) is 10.2. The van der Waals surface area contributed by atoms with Gasteiger partial charge in [0.15, 0.2) is 5.16 Å². The van der Waals surface area contributed by atoms with E-state index in [0.29, 0.717) is 13.0 Å². The van der Waals surface area contributed by atoms with Gasteiger partial charge in [0.2, 0.25) is 5.91 Å². The zero-order chi connectivity index (χ0) is 25.7. The van der Waals surface area contributed by atoms with Crippen LogP contribution in [0.2, 0.25) is 0 Å². The summed E-state index contributed by atoms with van der Waals surface area (Å²) in [7, 11) is 1.64. The van der Waals surface area contributed by atoms with Gasteiger partial charge in [-0.1, -0.05) is 90.6 Å². The van der Waals surface area contributed by atoms with Gasteiger partial charge >= 0.3 is 0 Å². The molecule has 0 spiro atoms. The SMILES string of the molecule is COc1ccccc1CNC(=O)CCCCc1nnc(SCc2ccccc2)n1CCc1ccccc1. The highest BCUT2D eigenvalue weighted by molar-refractivity contribution is 7.98. The van der Waals surface area contributed by atoms with Crippen LogP contribution in [-0.4, -0.2) is 27.8 Å². The van der Waals surface area contributed by atoms with E-state index in [-0.39, 0.29) is 5.91 Å². The molecule has 4 aromatic rings. The van der Waals surface area contributed by atoms with Gasteiger partial charge in [-0.3, -0.25) is 4.79 Å². The molecule has 0 unspecified atom stereocenters. The van der Waals surface area contributed by atoms with Crippen molar-refractivity contribution in [2.75, 3.05) is 7.11 Å². The van der Waals surface area contributed by atoms with Crippen LogP contribution >= 0.6 is 11.8 Å². The maximum atomic E-state index is 12.4. The van der Waals surface area contributed by atoms with E-state index in [1.807, 2.05) is 36.4 Å². The molecule has 1 heterocycles. The average Bonchev–Trinajstić information content (AvgIpc) is 3.34. The average molecular weight is 515 g/mol. The first-order valence-electron chi connectivity index (χ1n) is 12.7. The van der Waals surface area contributed by atoms with E-state index in [9.17, 15) is 4.79 Å². The molecule has 192 valence electrons. The van der Waals surface area contributed by atoms with E-state index in [4.69, 9.17) is 4.74 Å². The summed E-state index contributed by atoms with van der Waals surface area (Å²) >= 11 is 1.72. The Labute approximate surface area is 223 Å². The largest absolute Gasteiger partial charge is 0.496 e. The minimum atomic E-state index is 0.0514. The molecular formula is C30H34N4O2S. The topological polar surface area (TPSA) is 69.0 Å². The molecule has 6 nitrogen and oxygen atoms in total. The summed E-state index contributed by atoms with van der Waals surface area (Å²) in [6, 6.07) is 28.7. The van der Waals surface area contributed by atoms with Crippen molar-refractivity contribution in [2.24, 2.45) is 0 Å². The summed E-state index contributed by atoms with van der Waals surface area (Å²) in [5.41, 5.74) is 3.55. The first kappa shape index (κ1) is 26.5. The fourth-order valence-corrected chi connectivity index (χ4v) is 5.08. The number of hydrogen-bond acceptors (Lipinski definition) is 5. The second-order valence-corrected chi connectivity index (χ2v) is 9.80. The minimum absolute atomic E-state index is 0.0514. The van der Waals surface area contributed by atoms with E-state index < -0.39 is 0 Å². The Morgan fingerprint density at radius 3 is 2.32 bits per heavy atom. The maximum Gasteiger partial charge on any atom is 0.220 e. The van der Waals surface area contributed by atoms with Crippen molar-refractivity contribution >= 4 is 17.7 Å². The van der Waals surface area contributed by atoms with Crippen LogP contribution in [0.25, 0.3) is 0 Å². The Balaban J connectivity index is 1.30. The molecule has 0 atom stereocenters. The van der Waals surface area contributed by atoms with Crippen molar-refractivity contribution in [1.29, 1.82) is 0 Å². The summed E-state index contributed by atoms with van der Waals surface area (Å²) in [4.78, 5) is 12.4. The van der Waals surface area contributed by atoms with Gasteiger partial charge in [-0.25, -0.2) is 0 Å². The number of aryl methyl sites for hydroxylation is 2. The van der Waals surface area contributed by atoms with Crippen LogP contribution < -0.4 is 10.1 Å². The van der Waals surface area contributed by atoms with E-state index in [0.717, 1.165) is 60.3 Å². The number of amides is 1. The molecule has 0 aliphatic rings. The number of rotatable bonds is 14. The lowest BCUT2D eigenvalue weighted by molar-refractivity contribution is -0.121. The number of ether oxygens (including phenoxy) is 1. The third-order valence-corrected chi connectivity index (χ3v) is 7.23. The molecule has 3 aromatic carbocycles. The number of nitrogens with one attached hydrogen (secondary N) is 1. The van der Waals surface area contributed by atoms with Gasteiger partial charge in [0, 0.05) is 37.2 Å². The van der Waals surface area contributed by atoms with Crippen molar-refractivity contribution in [3.8, 4) is 5.75 Å². The number of para-hydroxylation sites is 1. The predicted molar refractivity (Wildman–Crippen MR) is 149 cm³/mol. The molecule has 0 saturated carbocycles. The number of nitrogens with zero attached hydrogens (tertiary/aromatic N) is 3. The van der Waals surface area contributed by atoms with Gasteiger partial charge in [0.1, 0.15) is 11.6 Å². The van der Waals surface area contributed by atoms with Crippen LogP contribution in [0.3, 0.4) is 0 Å². The molecule has 0 aliphatic heterocycles. The molecule has 0 bridgehead atoms. The second kappa shape index (κ2) is 14.2. The Hall–Kier alpha value is -3.58. The van der Waals surface area contributed by atoms with Crippen molar-refractivity contribution in [1.82, 2.24) is 20.1 Å². The summed E-state index contributed by atoms with van der Waals surface area (Å²) < 4.78 is 7.61. The molecule has 0 radical (unpaired) electrons. The zero-order valence-corrected chi connectivity index (χ0v) is 22.1. The molecule has 7 heteroatoms. The van der Waals surface area contributed by atoms with Gasteiger partial charge in [-0.05, 0) is 36.5 Å². The van der Waals surface area contributed by atoms with E-state index in [2.05, 4.69) is 68.6 Å². The van der Waals surface area contributed by atoms with Crippen LogP contribution in [0.5, 0.6) is 5.75 Å². The van der Waals surface area contributed by atoms with E-state index in [1.54, 1.807) is 18.9 Å². The third kappa shape index (κ3) is 8.22. The summed E-state index contributed by atoms with van der Waals surface area (Å²) in [6.07, 6.45) is 3.90. The molecule has 0 aliphatic carbocycles. The van der Waals surface area contributed by atoms with Gasteiger partial charge in [-0.2, -0.15) is 0 Å². The van der Waals surface area contributed by atoms with Crippen molar-refractivity contribution in [3.05, 3.63) is 107 Å². The highest BCUT2D eigenvalue weighted by Crippen LogP contribution is 2.23. The third-order valence-electron chi connectivity index (χ3n) is 6.19. The highest BCUT2D eigenvalue weighted by Gasteiger charge is 2.13. The molecule has 1 amide bonds. The van der Waals surface area contributed by atoms with Gasteiger partial charge in [0.25, 0.3) is 0 Å². The van der Waals surface area contributed by atoms with Crippen LogP contribution in [-0.2, 0) is 36.5 Å². The normalized spacial score (nSPS) is 10.8. The van der Waals surface area contributed by atoms with Crippen LogP contribution in [0, 0.1) is 0 Å². The number of methoxy groups -OCH3 is 1. The lowest BCUT2D eigenvalue weighted by Gasteiger charge is -2.11. The quantitative estimate of drug-likeness (QED) is 0.169. The van der Waals surface area contributed by atoms with Gasteiger partial charge in [0.05, 0.1) is 7.11 Å². The molecule has 1 N–H and O–H groups in total. The number of thioether (sulfide) groups is 1. The monoisotopic (exact) mass is 514 g/mol. The van der Waals surface area contributed by atoms with E-state index in [1.165, 1.54) is 11.1 Å². The Bertz CT molecular complexity index is 1240. The molecule has 0 saturated heterocycles. The molecule has 4 rings (SSSR count). The number of benzene rings is 3. The fourth-order valence-electron chi connectivity index (χ4n) is 4.14. The van der Waals surface area contributed by atoms with Crippen molar-refractivity contribution in [3.63, 3.8) is 0 Å². The van der Waals surface area contributed by atoms with E-state index >= 15 is 0 Å². The summed E-state index contributed by atoms with van der Waals surface area (Å²) in [6.45, 7) is 1.31. The first-order valence-corrected chi connectivity index (χ1v) is 13.7. The van der Waals surface area contributed by atoms with Crippen molar-refractivity contribution in [2.45, 2.75) is 56.1 Å². The number of hydrogen-bond donors (Lipinski definition) is 1. The zero-order valence-electron chi connectivity index (χ0n) is 21.3.